The van der Waals surface area contributed by atoms with Crippen molar-refractivity contribution in [1.29, 1.82) is 0 Å². The Morgan fingerprint density at radius 3 is 0.815 bits per heavy atom. The fourth-order valence-electron chi connectivity index (χ4n) is 12.9. The zero-order valence-electron chi connectivity index (χ0n) is 64.1. The van der Waals surface area contributed by atoms with Crippen LogP contribution in [0.5, 0.6) is 0 Å². The molecule has 4 radical (unpaired) electrons. The standard InChI is InChI=1S/C24H24N2.2C23H23N3.C22H22N4.4Ir/c1-18-9-5-6-10-21(18)26-17-25(22-11-7-8-12-23(22)26)20-15-13-19(14-16-20)24(2,3)4;1-17-8-5-6-9-20(17)26-16-25(22-21(26)10-7-15-24-22)19-13-11-18(12-14-19)23(2,3)4;1-17-8-5-6-9-20(17)26-16-25(21-10-7-15-24-22(21)26)19-13-11-18(12-14-19)23(2,3)4;1-16-7-5-6-8-19(16)26-15-25(20-21(26)24-14-13-23-20)18-11-9-17(10-12-18)22(2,3)4;;;;/h5-15,17H,1-4H3;2*5-13,15-16H,1-4H3;5-11,13-15H,1-4H3;;;;/q4*-2;;;;. The van der Waals surface area contributed by atoms with Gasteiger partial charge in [0.15, 0.2) is 0 Å². The Morgan fingerprint density at radius 2 is 0.463 bits per heavy atom. The van der Waals surface area contributed by atoms with Crippen LogP contribution in [0.15, 0.2) is 243 Å². The van der Waals surface area contributed by atoms with Crippen LogP contribution in [0.4, 0.5) is 91.5 Å². The molecule has 0 fully saturated rings. The van der Waals surface area contributed by atoms with Crippen molar-refractivity contribution in [1.82, 2.24) is 19.9 Å². The van der Waals surface area contributed by atoms with Gasteiger partial charge >= 0.3 is 0 Å². The molecule has 16 rings (SSSR count). The van der Waals surface area contributed by atoms with E-state index < -0.39 is 0 Å². The third-order valence-corrected chi connectivity index (χ3v) is 19.1. The summed E-state index contributed by atoms with van der Waals surface area (Å²) >= 11 is 0. The molecule has 4 aliphatic heterocycles. The third-order valence-electron chi connectivity index (χ3n) is 19.1. The van der Waals surface area contributed by atoms with Gasteiger partial charge in [0, 0.05) is 139 Å². The summed E-state index contributed by atoms with van der Waals surface area (Å²) in [5, 5.41) is 0. The first-order valence-electron chi connectivity index (χ1n) is 35.7. The maximum atomic E-state index is 4.63. The molecule has 0 spiro atoms. The Bertz CT molecular complexity index is 4340. The van der Waals surface area contributed by atoms with Gasteiger partial charge in [-0.1, -0.05) is 190 Å². The van der Waals surface area contributed by atoms with Crippen molar-refractivity contribution in [3.05, 3.63) is 339 Å². The Labute approximate surface area is 696 Å². The summed E-state index contributed by atoms with van der Waals surface area (Å²) in [5.41, 5.74) is 23.6. The number of rotatable bonds is 8. The van der Waals surface area contributed by atoms with Gasteiger partial charge in [0.1, 0.15) is 23.3 Å². The van der Waals surface area contributed by atoms with E-state index in [4.69, 9.17) is 0 Å². The quantitative estimate of drug-likeness (QED) is 0.136. The number of nitrogens with zero attached hydrogens (tertiary/aromatic N) is 12. The molecular weight excluding hydrogens is 2040 g/mol. The van der Waals surface area contributed by atoms with Gasteiger partial charge in [-0.25, -0.2) is 19.9 Å². The minimum atomic E-state index is 0. The average Bonchev–Trinajstić information content (AvgIpc) is 1.64. The third kappa shape index (κ3) is 18.1. The molecule has 0 amide bonds. The Kier molecular flexibility index (Phi) is 27.0. The van der Waals surface area contributed by atoms with Gasteiger partial charge in [0.05, 0.1) is 11.4 Å². The topological polar surface area (TPSA) is 77.5 Å². The Hall–Kier alpha value is -8.64. The number of aromatic nitrogens is 4. The summed E-state index contributed by atoms with van der Waals surface area (Å²) in [5.74, 6) is 3.51. The molecule has 0 bridgehead atoms. The maximum Gasteiger partial charge on any atom is 0.145 e. The molecule has 0 saturated carbocycles. The average molecular weight is 2130 g/mol. The summed E-state index contributed by atoms with van der Waals surface area (Å²) in [6.45, 7) is 43.5. The second kappa shape index (κ2) is 34.9. The Morgan fingerprint density at radius 1 is 0.231 bits per heavy atom. The summed E-state index contributed by atoms with van der Waals surface area (Å²) in [7, 11) is 0. The van der Waals surface area contributed by atoms with Crippen molar-refractivity contribution < 1.29 is 80.4 Å². The fraction of sp³-hybridized carbons (Fsp3) is 0.217. The van der Waals surface area contributed by atoms with Crippen LogP contribution in [0.2, 0.25) is 0 Å². The molecule has 7 heterocycles. The van der Waals surface area contributed by atoms with Crippen LogP contribution in [0.3, 0.4) is 0 Å². The molecule has 0 aliphatic carbocycles. The zero-order valence-corrected chi connectivity index (χ0v) is 73.7. The van der Waals surface area contributed by atoms with Crippen molar-refractivity contribution in [2.24, 2.45) is 0 Å². The molecular formula is C92H92Ir4N12-8. The van der Waals surface area contributed by atoms with E-state index in [1.54, 1.807) is 12.4 Å². The number of aryl methyl sites for hydroxylation is 4. The van der Waals surface area contributed by atoms with Gasteiger partial charge in [-0.05, 0) is 111 Å². The van der Waals surface area contributed by atoms with E-state index in [1.165, 1.54) is 61.6 Å². The van der Waals surface area contributed by atoms with Gasteiger partial charge in [-0.15, -0.1) is 73.7 Å². The fourth-order valence-corrected chi connectivity index (χ4v) is 12.9. The van der Waals surface area contributed by atoms with Crippen LogP contribution >= 0.6 is 0 Å². The summed E-state index contributed by atoms with van der Waals surface area (Å²) in [6.07, 6.45) is 7.14. The normalized spacial score (nSPS) is 13.3. The van der Waals surface area contributed by atoms with Crippen LogP contribution in [0.1, 0.15) is 128 Å². The predicted octanol–water partition coefficient (Wildman–Crippen LogP) is 23.6. The molecule has 12 aromatic rings. The smallest absolute Gasteiger partial charge is 0.145 e. The van der Waals surface area contributed by atoms with Crippen LogP contribution in [0.25, 0.3) is 0 Å². The number of pyridine rings is 2. The summed E-state index contributed by atoms with van der Waals surface area (Å²) < 4.78 is 0. The zero-order chi connectivity index (χ0) is 73.2. The molecule has 108 heavy (non-hydrogen) atoms. The molecule has 564 valence electrons. The number of benzene rings is 9. The molecule has 3 aromatic heterocycles. The molecule has 0 saturated heterocycles. The van der Waals surface area contributed by atoms with Crippen LogP contribution in [-0.4, -0.2) is 19.9 Å². The van der Waals surface area contributed by atoms with Crippen molar-refractivity contribution >= 4 is 91.5 Å². The van der Waals surface area contributed by atoms with E-state index in [1.807, 2.05) is 48.2 Å². The van der Waals surface area contributed by atoms with Crippen LogP contribution < -0.4 is 39.2 Å². The van der Waals surface area contributed by atoms with Crippen LogP contribution in [-0.2, 0) is 102 Å². The van der Waals surface area contributed by atoms with Gasteiger partial charge in [-0.2, -0.15) is 95.1 Å². The van der Waals surface area contributed by atoms with E-state index in [0.717, 1.165) is 74.5 Å². The number of hydrogen-bond acceptors (Lipinski definition) is 12. The van der Waals surface area contributed by atoms with Gasteiger partial charge < -0.3 is 39.2 Å². The van der Waals surface area contributed by atoms with Crippen LogP contribution in [0, 0.1) is 78.6 Å². The SMILES string of the molecule is Cc1ccccc1N1[CH-]N(c2[c-]cc(C(C)(C)C)cc2)c2ccccc21.Cc1ccccc1N1[CH-]N(c2[c-]cc(C(C)(C)C)cc2)c2cccnc21.Cc1ccccc1N1[CH-]N(c2[c-]cc(C(C)(C)C)cc2)c2ncccc21.Cc1ccccc1N1[CH-]N(c2[c-]cc(C(C)(C)C)cc2)c2nccnc21.[Ir].[Ir].[Ir].[Ir]. The second-order valence-corrected chi connectivity index (χ2v) is 30.8. The first kappa shape index (κ1) is 83.4. The molecule has 12 nitrogen and oxygen atoms in total. The largest absolute Gasteiger partial charge is 0.493 e. The van der Waals surface area contributed by atoms with Crippen molar-refractivity contribution in [2.75, 3.05) is 39.2 Å². The van der Waals surface area contributed by atoms with E-state index in [-0.39, 0.29) is 102 Å². The van der Waals surface area contributed by atoms with E-state index in [9.17, 15) is 0 Å². The molecule has 9 aromatic carbocycles. The van der Waals surface area contributed by atoms with Crippen molar-refractivity contribution in [3.8, 4) is 0 Å². The number of para-hydroxylation sites is 6. The minimum Gasteiger partial charge on any atom is -0.493 e. The minimum absolute atomic E-state index is 0. The molecule has 16 heteroatoms. The van der Waals surface area contributed by atoms with Gasteiger partial charge in [-0.3, -0.25) is 0 Å². The summed E-state index contributed by atoms with van der Waals surface area (Å²) in [4.78, 5) is 35.6. The first-order valence-corrected chi connectivity index (χ1v) is 35.7. The predicted molar refractivity (Wildman–Crippen MR) is 432 cm³/mol. The monoisotopic (exact) mass is 2140 g/mol. The van der Waals surface area contributed by atoms with Gasteiger partial charge in [0.25, 0.3) is 0 Å². The molecule has 4 aliphatic rings. The first-order chi connectivity index (χ1) is 49.8. The van der Waals surface area contributed by atoms with Crippen molar-refractivity contribution in [3.63, 3.8) is 0 Å². The van der Waals surface area contributed by atoms with Crippen molar-refractivity contribution in [2.45, 2.75) is 132 Å². The maximum absolute atomic E-state index is 4.63. The molecule has 0 atom stereocenters. The summed E-state index contributed by atoms with van der Waals surface area (Å²) in [6, 6.07) is 89.6. The van der Waals surface area contributed by atoms with E-state index in [2.05, 4.69) is 403 Å². The van der Waals surface area contributed by atoms with E-state index >= 15 is 0 Å². The second-order valence-electron chi connectivity index (χ2n) is 30.8. The van der Waals surface area contributed by atoms with E-state index in [0.29, 0.717) is 0 Å². The number of anilines is 16. The van der Waals surface area contributed by atoms with Gasteiger partial charge in [0.2, 0.25) is 0 Å². The number of hydrogen-bond donors (Lipinski definition) is 0. The Balaban J connectivity index is 0.000000164. The molecule has 0 N–H and O–H groups in total. The molecule has 0 unspecified atom stereocenters. The number of fused-ring (bicyclic) bond motifs is 4.